The Morgan fingerprint density at radius 1 is 1.24 bits per heavy atom. The number of nitrogens with one attached hydrogen (secondary N) is 1. The molecule has 0 saturated carbocycles. The first-order valence-electron chi connectivity index (χ1n) is 8.66. The zero-order valence-electron chi connectivity index (χ0n) is 14.1. The fourth-order valence-electron chi connectivity index (χ4n) is 3.00. The van der Waals surface area contributed by atoms with E-state index in [2.05, 4.69) is 16.3 Å². The molecule has 1 N–H and O–H groups in total. The Bertz CT molecular complexity index is 670. The number of piperidine rings is 1. The van der Waals surface area contributed by atoms with E-state index in [1.165, 1.54) is 16.2 Å². The van der Waals surface area contributed by atoms with Gasteiger partial charge in [-0.25, -0.2) is 0 Å². The number of hydrogen-bond acceptors (Lipinski definition) is 4. The normalized spacial score (nSPS) is 16.0. The number of benzene rings is 1. The number of thiophene rings is 1. The van der Waals surface area contributed by atoms with Gasteiger partial charge in [0, 0.05) is 24.0 Å². The molecule has 1 aliphatic heterocycles. The Morgan fingerprint density at radius 3 is 2.76 bits per heavy atom. The summed E-state index contributed by atoms with van der Waals surface area (Å²) in [7, 11) is 0. The average Bonchev–Trinajstić information content (AvgIpc) is 3.16. The lowest BCUT2D eigenvalue weighted by atomic mass is 10.0. The average molecular weight is 395 g/mol. The van der Waals surface area contributed by atoms with Crippen molar-refractivity contribution in [3.8, 4) is 0 Å². The first-order valence-corrected chi connectivity index (χ1v) is 10.9. The fraction of sp³-hybridized carbons (Fsp3) is 0.421. The molecule has 1 fully saturated rings. The molecule has 25 heavy (non-hydrogen) atoms. The third kappa shape index (κ3) is 5.74. The predicted molar refractivity (Wildman–Crippen MR) is 108 cm³/mol. The van der Waals surface area contributed by atoms with Crippen molar-refractivity contribution in [3.63, 3.8) is 0 Å². The number of halogens is 1. The van der Waals surface area contributed by atoms with Gasteiger partial charge in [-0.3, -0.25) is 4.79 Å². The molecule has 2 heterocycles. The molecule has 1 aliphatic rings. The minimum absolute atomic E-state index is 0.0737. The maximum Gasteiger partial charge on any atom is 0.261 e. The van der Waals surface area contributed by atoms with Gasteiger partial charge in [0.25, 0.3) is 5.91 Å². The summed E-state index contributed by atoms with van der Waals surface area (Å²) in [4.78, 5) is 16.6. The monoisotopic (exact) mass is 394 g/mol. The summed E-state index contributed by atoms with van der Waals surface area (Å²) in [5.74, 6) is 1.16. The van der Waals surface area contributed by atoms with Gasteiger partial charge in [-0.05, 0) is 55.1 Å². The van der Waals surface area contributed by atoms with Gasteiger partial charge in [-0.15, -0.1) is 23.1 Å². The SMILES string of the molecule is O=C(NC1CCN(CCCSc2ccccc2Cl)CC1)c1cccs1. The van der Waals surface area contributed by atoms with Crippen LogP contribution in [0.15, 0.2) is 46.7 Å². The number of nitrogens with zero attached hydrogens (tertiary/aromatic N) is 1. The summed E-state index contributed by atoms with van der Waals surface area (Å²) in [5.41, 5.74) is 0. The smallest absolute Gasteiger partial charge is 0.261 e. The van der Waals surface area contributed by atoms with Crippen molar-refractivity contribution in [3.05, 3.63) is 51.7 Å². The largest absolute Gasteiger partial charge is 0.349 e. The Balaban J connectivity index is 1.31. The van der Waals surface area contributed by atoms with Crippen LogP contribution >= 0.6 is 34.7 Å². The standard InChI is InChI=1S/C19H23ClN2OS2/c20-16-5-1-2-6-17(16)24-14-4-10-22-11-8-15(9-12-22)21-19(23)18-7-3-13-25-18/h1-3,5-7,13,15H,4,8-12,14H2,(H,21,23). The van der Waals surface area contributed by atoms with Gasteiger partial charge < -0.3 is 10.2 Å². The third-order valence-corrected chi connectivity index (χ3v) is 6.85. The number of thioether (sulfide) groups is 1. The van der Waals surface area contributed by atoms with Crippen molar-refractivity contribution in [1.82, 2.24) is 10.2 Å². The summed E-state index contributed by atoms with van der Waals surface area (Å²) in [6.45, 7) is 3.24. The number of likely N-dealkylation sites (tertiary alicyclic amines) is 1. The van der Waals surface area contributed by atoms with E-state index in [0.717, 1.165) is 54.5 Å². The number of amides is 1. The van der Waals surface area contributed by atoms with Crippen LogP contribution in [0.25, 0.3) is 0 Å². The second kappa shape index (κ2) is 9.62. The van der Waals surface area contributed by atoms with Crippen molar-refractivity contribution < 1.29 is 4.79 Å². The molecular weight excluding hydrogens is 372 g/mol. The van der Waals surface area contributed by atoms with Crippen LogP contribution in [0.5, 0.6) is 0 Å². The van der Waals surface area contributed by atoms with Crippen LogP contribution in [0, 0.1) is 0 Å². The van der Waals surface area contributed by atoms with Gasteiger partial charge in [-0.2, -0.15) is 0 Å². The lowest BCUT2D eigenvalue weighted by molar-refractivity contribution is 0.0915. The van der Waals surface area contributed by atoms with Gasteiger partial charge in [0.1, 0.15) is 0 Å². The highest BCUT2D eigenvalue weighted by molar-refractivity contribution is 7.99. The first-order chi connectivity index (χ1) is 12.2. The highest BCUT2D eigenvalue weighted by Crippen LogP contribution is 2.27. The molecule has 0 aliphatic carbocycles. The maximum atomic E-state index is 12.1. The second-order valence-electron chi connectivity index (χ2n) is 6.20. The van der Waals surface area contributed by atoms with Crippen LogP contribution in [0.3, 0.4) is 0 Å². The van der Waals surface area contributed by atoms with E-state index in [-0.39, 0.29) is 5.91 Å². The molecule has 0 atom stereocenters. The van der Waals surface area contributed by atoms with Crippen LogP contribution in [-0.4, -0.2) is 42.2 Å². The van der Waals surface area contributed by atoms with Gasteiger partial charge in [0.2, 0.25) is 0 Å². The van der Waals surface area contributed by atoms with E-state index in [9.17, 15) is 4.79 Å². The lowest BCUT2D eigenvalue weighted by Crippen LogP contribution is -2.44. The molecule has 3 nitrogen and oxygen atoms in total. The zero-order valence-corrected chi connectivity index (χ0v) is 16.5. The molecule has 1 saturated heterocycles. The third-order valence-electron chi connectivity index (χ3n) is 4.38. The number of hydrogen-bond donors (Lipinski definition) is 1. The minimum atomic E-state index is 0.0737. The summed E-state index contributed by atoms with van der Waals surface area (Å²) in [5, 5.41) is 5.95. The lowest BCUT2D eigenvalue weighted by Gasteiger charge is -2.32. The van der Waals surface area contributed by atoms with Crippen molar-refractivity contribution in [2.45, 2.75) is 30.2 Å². The number of carbonyl (C=O) groups is 1. The van der Waals surface area contributed by atoms with Gasteiger partial charge in [0.05, 0.1) is 9.90 Å². The highest BCUT2D eigenvalue weighted by atomic mass is 35.5. The molecule has 2 aromatic rings. The van der Waals surface area contributed by atoms with Crippen LogP contribution in [-0.2, 0) is 0 Å². The van der Waals surface area contributed by atoms with Crippen molar-refractivity contribution in [2.24, 2.45) is 0 Å². The minimum Gasteiger partial charge on any atom is -0.349 e. The summed E-state index contributed by atoms with van der Waals surface area (Å²) in [6.07, 6.45) is 3.23. The Kier molecular flexibility index (Phi) is 7.23. The maximum absolute atomic E-state index is 12.1. The Labute approximate surface area is 162 Å². The van der Waals surface area contributed by atoms with Crippen molar-refractivity contribution >= 4 is 40.6 Å². The van der Waals surface area contributed by atoms with Crippen LogP contribution in [0.1, 0.15) is 28.9 Å². The Morgan fingerprint density at radius 2 is 2.04 bits per heavy atom. The predicted octanol–water partition coefficient (Wildman–Crippen LogP) is 4.78. The molecule has 6 heteroatoms. The molecule has 0 bridgehead atoms. The highest BCUT2D eigenvalue weighted by Gasteiger charge is 2.21. The fourth-order valence-corrected chi connectivity index (χ4v) is 4.80. The quantitative estimate of drug-likeness (QED) is 0.541. The van der Waals surface area contributed by atoms with Crippen LogP contribution < -0.4 is 5.32 Å². The van der Waals surface area contributed by atoms with E-state index in [0.29, 0.717) is 6.04 Å². The zero-order chi connectivity index (χ0) is 17.5. The molecule has 0 spiro atoms. The van der Waals surface area contributed by atoms with Gasteiger partial charge in [0.15, 0.2) is 0 Å². The molecule has 1 aromatic carbocycles. The molecular formula is C19H23ClN2OS2. The van der Waals surface area contributed by atoms with Gasteiger partial charge >= 0.3 is 0 Å². The van der Waals surface area contributed by atoms with E-state index in [4.69, 9.17) is 11.6 Å². The summed E-state index contributed by atoms with van der Waals surface area (Å²) < 4.78 is 0. The van der Waals surface area contributed by atoms with E-state index in [1.807, 2.05) is 47.5 Å². The van der Waals surface area contributed by atoms with E-state index < -0.39 is 0 Å². The Hall–Kier alpha value is -1.01. The van der Waals surface area contributed by atoms with Crippen LogP contribution in [0.4, 0.5) is 0 Å². The molecule has 0 radical (unpaired) electrons. The molecule has 1 amide bonds. The molecule has 1 aromatic heterocycles. The van der Waals surface area contributed by atoms with Crippen LogP contribution in [0.2, 0.25) is 5.02 Å². The van der Waals surface area contributed by atoms with Crippen molar-refractivity contribution in [2.75, 3.05) is 25.4 Å². The topological polar surface area (TPSA) is 32.3 Å². The first kappa shape index (κ1) is 18.8. The molecule has 3 rings (SSSR count). The van der Waals surface area contributed by atoms with E-state index >= 15 is 0 Å². The molecule has 134 valence electrons. The van der Waals surface area contributed by atoms with Gasteiger partial charge in [-0.1, -0.05) is 29.8 Å². The van der Waals surface area contributed by atoms with E-state index in [1.54, 1.807) is 0 Å². The number of rotatable bonds is 7. The summed E-state index contributed by atoms with van der Waals surface area (Å²) >= 11 is 9.51. The van der Waals surface area contributed by atoms with Crippen molar-refractivity contribution in [1.29, 1.82) is 0 Å². The second-order valence-corrected chi connectivity index (χ2v) is 8.69. The summed E-state index contributed by atoms with van der Waals surface area (Å²) in [6, 6.07) is 12.1. The number of carbonyl (C=O) groups excluding carboxylic acids is 1. The molecule has 0 unspecified atom stereocenters.